The van der Waals surface area contributed by atoms with Crippen LogP contribution in [0.25, 0.3) is 11.4 Å². The standard InChI is InChI=1S/C24H34N2O2/c1-3-5-7-8-9-10-11-12-20-18-25-23(26-19-20)21-13-15-22(16-14-21)24(27)28-17-6-4-2/h13-16,18-19H,3-12,17H2,1-2H3. The fourth-order valence-corrected chi connectivity index (χ4v) is 3.07. The monoisotopic (exact) mass is 382 g/mol. The van der Waals surface area contributed by atoms with Gasteiger partial charge < -0.3 is 4.74 Å². The van der Waals surface area contributed by atoms with Gasteiger partial charge in [0.2, 0.25) is 0 Å². The van der Waals surface area contributed by atoms with Crippen LogP contribution in [0.15, 0.2) is 36.7 Å². The topological polar surface area (TPSA) is 52.1 Å². The quantitative estimate of drug-likeness (QED) is 0.297. The SMILES string of the molecule is CCCCCCCCCc1cnc(-c2ccc(C(=O)OCCCC)cc2)nc1. The number of benzene rings is 1. The van der Waals surface area contributed by atoms with Crippen LogP contribution in [0.4, 0.5) is 0 Å². The summed E-state index contributed by atoms with van der Waals surface area (Å²) in [7, 11) is 0. The highest BCUT2D eigenvalue weighted by atomic mass is 16.5. The van der Waals surface area contributed by atoms with Crippen LogP contribution in [0.3, 0.4) is 0 Å². The number of hydrogen-bond donors (Lipinski definition) is 0. The number of unbranched alkanes of at least 4 members (excludes halogenated alkanes) is 7. The van der Waals surface area contributed by atoms with Gasteiger partial charge >= 0.3 is 5.97 Å². The third kappa shape index (κ3) is 7.79. The molecule has 0 aliphatic rings. The predicted octanol–water partition coefficient (Wildman–Crippen LogP) is 6.39. The van der Waals surface area contributed by atoms with Crippen LogP contribution >= 0.6 is 0 Å². The molecule has 0 amide bonds. The number of hydrogen-bond acceptors (Lipinski definition) is 4. The van der Waals surface area contributed by atoms with E-state index in [1.165, 1.54) is 50.5 Å². The van der Waals surface area contributed by atoms with Gasteiger partial charge in [-0.05, 0) is 37.0 Å². The van der Waals surface area contributed by atoms with Gasteiger partial charge in [-0.15, -0.1) is 0 Å². The van der Waals surface area contributed by atoms with E-state index >= 15 is 0 Å². The van der Waals surface area contributed by atoms with Crippen LogP contribution in [0, 0.1) is 0 Å². The largest absolute Gasteiger partial charge is 0.462 e. The van der Waals surface area contributed by atoms with E-state index in [2.05, 4.69) is 23.8 Å². The van der Waals surface area contributed by atoms with E-state index in [1.807, 2.05) is 24.5 Å². The molecule has 0 aliphatic carbocycles. The van der Waals surface area contributed by atoms with Gasteiger partial charge in [0, 0.05) is 18.0 Å². The molecule has 0 spiro atoms. The average molecular weight is 383 g/mol. The summed E-state index contributed by atoms with van der Waals surface area (Å²) in [6.07, 6.45) is 16.0. The Labute approximate surface area is 169 Å². The first-order valence-corrected chi connectivity index (χ1v) is 10.8. The maximum atomic E-state index is 12.0. The van der Waals surface area contributed by atoms with E-state index in [4.69, 9.17) is 4.74 Å². The summed E-state index contributed by atoms with van der Waals surface area (Å²) in [4.78, 5) is 20.9. The van der Waals surface area contributed by atoms with E-state index in [0.717, 1.165) is 24.8 Å². The van der Waals surface area contributed by atoms with Crippen molar-refractivity contribution in [2.24, 2.45) is 0 Å². The van der Waals surface area contributed by atoms with Crippen LogP contribution < -0.4 is 0 Å². The lowest BCUT2D eigenvalue weighted by molar-refractivity contribution is 0.0500. The van der Waals surface area contributed by atoms with Gasteiger partial charge in [-0.3, -0.25) is 0 Å². The Morgan fingerprint density at radius 3 is 2.07 bits per heavy atom. The molecule has 0 N–H and O–H groups in total. The maximum absolute atomic E-state index is 12.0. The molecule has 0 unspecified atom stereocenters. The van der Waals surface area contributed by atoms with Crippen molar-refractivity contribution in [3.8, 4) is 11.4 Å². The van der Waals surface area contributed by atoms with Gasteiger partial charge in [0.15, 0.2) is 5.82 Å². The van der Waals surface area contributed by atoms with Crippen molar-refractivity contribution in [3.05, 3.63) is 47.8 Å². The van der Waals surface area contributed by atoms with E-state index in [1.54, 1.807) is 12.1 Å². The number of carbonyl (C=O) groups excluding carboxylic acids is 1. The van der Waals surface area contributed by atoms with Gasteiger partial charge in [-0.25, -0.2) is 14.8 Å². The fraction of sp³-hybridized carbons (Fsp3) is 0.542. The Kier molecular flexibility index (Phi) is 10.3. The molecular formula is C24H34N2O2. The molecular weight excluding hydrogens is 348 g/mol. The third-order valence-corrected chi connectivity index (χ3v) is 4.88. The highest BCUT2D eigenvalue weighted by Gasteiger charge is 2.08. The first-order valence-electron chi connectivity index (χ1n) is 10.8. The van der Waals surface area contributed by atoms with Crippen LogP contribution in [0.2, 0.25) is 0 Å². The summed E-state index contributed by atoms with van der Waals surface area (Å²) in [6, 6.07) is 7.31. The summed E-state index contributed by atoms with van der Waals surface area (Å²) in [5.41, 5.74) is 2.66. The molecule has 0 saturated heterocycles. The zero-order chi connectivity index (χ0) is 20.0. The molecule has 0 aliphatic heterocycles. The van der Waals surface area contributed by atoms with Crippen molar-refractivity contribution in [2.45, 2.75) is 78.1 Å². The van der Waals surface area contributed by atoms with Gasteiger partial charge in [-0.1, -0.05) is 70.9 Å². The van der Waals surface area contributed by atoms with Crippen molar-refractivity contribution in [1.82, 2.24) is 9.97 Å². The number of rotatable bonds is 13. The van der Waals surface area contributed by atoms with E-state index in [9.17, 15) is 4.79 Å². The summed E-state index contributed by atoms with van der Waals surface area (Å²) < 4.78 is 5.23. The molecule has 0 saturated carbocycles. The Bertz CT molecular complexity index is 681. The number of aromatic nitrogens is 2. The summed E-state index contributed by atoms with van der Waals surface area (Å²) in [5, 5.41) is 0. The van der Waals surface area contributed by atoms with E-state index in [0.29, 0.717) is 18.0 Å². The Morgan fingerprint density at radius 2 is 1.43 bits per heavy atom. The predicted molar refractivity (Wildman–Crippen MR) is 114 cm³/mol. The molecule has 0 atom stereocenters. The molecule has 0 radical (unpaired) electrons. The van der Waals surface area contributed by atoms with Gasteiger partial charge in [0.05, 0.1) is 12.2 Å². The Hall–Kier alpha value is -2.23. The average Bonchev–Trinajstić information content (AvgIpc) is 2.74. The van der Waals surface area contributed by atoms with Gasteiger partial charge in [0.25, 0.3) is 0 Å². The number of esters is 1. The van der Waals surface area contributed by atoms with E-state index < -0.39 is 0 Å². The number of aryl methyl sites for hydroxylation is 1. The molecule has 2 aromatic rings. The minimum Gasteiger partial charge on any atom is -0.462 e. The van der Waals surface area contributed by atoms with Crippen molar-refractivity contribution in [2.75, 3.05) is 6.61 Å². The highest BCUT2D eigenvalue weighted by Crippen LogP contribution is 2.17. The highest BCUT2D eigenvalue weighted by molar-refractivity contribution is 5.89. The second-order valence-electron chi connectivity index (χ2n) is 7.35. The van der Waals surface area contributed by atoms with Crippen molar-refractivity contribution < 1.29 is 9.53 Å². The second-order valence-corrected chi connectivity index (χ2v) is 7.35. The van der Waals surface area contributed by atoms with Crippen LogP contribution in [-0.2, 0) is 11.2 Å². The molecule has 0 bridgehead atoms. The molecule has 4 heteroatoms. The van der Waals surface area contributed by atoms with Crippen molar-refractivity contribution >= 4 is 5.97 Å². The van der Waals surface area contributed by atoms with E-state index in [-0.39, 0.29) is 5.97 Å². The molecule has 28 heavy (non-hydrogen) atoms. The lowest BCUT2D eigenvalue weighted by Gasteiger charge is -2.06. The minimum atomic E-state index is -0.272. The molecule has 1 heterocycles. The number of ether oxygens (including phenoxy) is 1. The number of nitrogens with zero attached hydrogens (tertiary/aromatic N) is 2. The first-order chi connectivity index (χ1) is 13.7. The summed E-state index contributed by atoms with van der Waals surface area (Å²) in [6.45, 7) is 4.80. The van der Waals surface area contributed by atoms with Crippen LogP contribution in [0.1, 0.15) is 87.6 Å². The Balaban J connectivity index is 1.78. The minimum absolute atomic E-state index is 0.272. The maximum Gasteiger partial charge on any atom is 0.338 e. The van der Waals surface area contributed by atoms with Gasteiger partial charge in [0.1, 0.15) is 0 Å². The summed E-state index contributed by atoms with van der Waals surface area (Å²) >= 11 is 0. The van der Waals surface area contributed by atoms with Crippen molar-refractivity contribution in [1.29, 1.82) is 0 Å². The second kappa shape index (κ2) is 13.0. The fourth-order valence-electron chi connectivity index (χ4n) is 3.07. The lowest BCUT2D eigenvalue weighted by atomic mass is 10.1. The Morgan fingerprint density at radius 1 is 0.821 bits per heavy atom. The molecule has 152 valence electrons. The zero-order valence-corrected chi connectivity index (χ0v) is 17.5. The van der Waals surface area contributed by atoms with Crippen molar-refractivity contribution in [3.63, 3.8) is 0 Å². The first kappa shape index (κ1) is 22.1. The molecule has 0 fully saturated rings. The normalized spacial score (nSPS) is 10.8. The van der Waals surface area contributed by atoms with Crippen LogP contribution in [-0.4, -0.2) is 22.5 Å². The third-order valence-electron chi connectivity index (χ3n) is 4.88. The number of carbonyl (C=O) groups is 1. The lowest BCUT2D eigenvalue weighted by Crippen LogP contribution is -2.06. The van der Waals surface area contributed by atoms with Crippen LogP contribution in [0.5, 0.6) is 0 Å². The molecule has 4 nitrogen and oxygen atoms in total. The molecule has 1 aromatic heterocycles. The zero-order valence-electron chi connectivity index (χ0n) is 17.5. The molecule has 1 aromatic carbocycles. The van der Waals surface area contributed by atoms with Gasteiger partial charge in [-0.2, -0.15) is 0 Å². The smallest absolute Gasteiger partial charge is 0.338 e. The molecule has 2 rings (SSSR count). The summed E-state index contributed by atoms with van der Waals surface area (Å²) in [5.74, 6) is 0.417.